The molecule has 0 atom stereocenters. The van der Waals surface area contributed by atoms with E-state index in [2.05, 4.69) is 18.8 Å². The van der Waals surface area contributed by atoms with Crippen molar-refractivity contribution in [1.29, 1.82) is 0 Å². The van der Waals surface area contributed by atoms with Crippen molar-refractivity contribution in [3.8, 4) is 11.5 Å². The van der Waals surface area contributed by atoms with Gasteiger partial charge in [0.25, 0.3) is 0 Å². The Kier molecular flexibility index (Phi) is 10.1. The average Bonchev–Trinajstić information content (AvgIpc) is 2.83. The first kappa shape index (κ1) is 24.3. The number of carbonyl (C=O) groups is 1. The molecule has 2 aromatic rings. The number of ether oxygens (including phenoxy) is 2. The highest BCUT2D eigenvalue weighted by Gasteiger charge is 2.20. The molecule has 4 nitrogen and oxygen atoms in total. The molecular weight excluding hydrogens is 398 g/mol. The number of unbranched alkanes of at least 4 members (excludes halogenated alkanes) is 2. The second kappa shape index (κ2) is 13.2. The van der Waals surface area contributed by atoms with Gasteiger partial charge in [0.15, 0.2) is 0 Å². The molecule has 0 unspecified atom stereocenters. The third kappa shape index (κ3) is 7.96. The Balaban J connectivity index is 1.39. The van der Waals surface area contributed by atoms with Crippen LogP contribution >= 0.6 is 0 Å². The number of hydrogen-bond acceptors (Lipinski definition) is 4. The molecule has 1 aliphatic carbocycles. The van der Waals surface area contributed by atoms with Crippen molar-refractivity contribution in [2.75, 3.05) is 6.61 Å². The van der Waals surface area contributed by atoms with Crippen LogP contribution in [0.1, 0.15) is 94.1 Å². The van der Waals surface area contributed by atoms with E-state index < -0.39 is 0 Å². The van der Waals surface area contributed by atoms with Crippen LogP contribution in [-0.4, -0.2) is 17.6 Å². The van der Waals surface area contributed by atoms with Crippen molar-refractivity contribution in [3.05, 3.63) is 53.9 Å². The summed E-state index contributed by atoms with van der Waals surface area (Å²) in [5.41, 5.74) is 1.58. The molecule has 32 heavy (non-hydrogen) atoms. The van der Waals surface area contributed by atoms with Gasteiger partial charge in [0.2, 0.25) is 0 Å². The number of benzene rings is 1. The first-order valence-corrected chi connectivity index (χ1v) is 12.6. The lowest BCUT2D eigenvalue weighted by Crippen LogP contribution is -2.15. The van der Waals surface area contributed by atoms with Crippen molar-refractivity contribution in [2.45, 2.75) is 84.5 Å². The van der Waals surface area contributed by atoms with Gasteiger partial charge in [-0.15, -0.1) is 0 Å². The van der Waals surface area contributed by atoms with Crippen molar-refractivity contribution in [3.63, 3.8) is 0 Å². The fraction of sp³-hybridized carbons (Fsp3) is 0.571. The van der Waals surface area contributed by atoms with E-state index in [-0.39, 0.29) is 5.97 Å². The van der Waals surface area contributed by atoms with Gasteiger partial charge in [-0.1, -0.05) is 65.2 Å². The summed E-state index contributed by atoms with van der Waals surface area (Å²) in [7, 11) is 0. The first-order valence-electron chi connectivity index (χ1n) is 12.6. The van der Waals surface area contributed by atoms with Gasteiger partial charge >= 0.3 is 5.97 Å². The van der Waals surface area contributed by atoms with E-state index >= 15 is 0 Å². The fourth-order valence-corrected chi connectivity index (χ4v) is 4.54. The molecule has 1 aliphatic rings. The number of nitrogens with zero attached hydrogens (tertiary/aromatic N) is 1. The van der Waals surface area contributed by atoms with Crippen molar-refractivity contribution >= 4 is 5.97 Å². The van der Waals surface area contributed by atoms with Crippen LogP contribution < -0.4 is 9.47 Å². The van der Waals surface area contributed by atoms with Crippen molar-refractivity contribution in [2.24, 2.45) is 11.8 Å². The van der Waals surface area contributed by atoms with Crippen LogP contribution in [0, 0.1) is 11.8 Å². The fourth-order valence-electron chi connectivity index (χ4n) is 4.54. The van der Waals surface area contributed by atoms with Gasteiger partial charge in [0.1, 0.15) is 11.5 Å². The predicted octanol–water partition coefficient (Wildman–Crippen LogP) is 7.41. The summed E-state index contributed by atoms with van der Waals surface area (Å²) in [6, 6.07) is 10.9. The molecule has 1 aromatic heterocycles. The molecule has 1 aromatic carbocycles. The van der Waals surface area contributed by atoms with Crippen LogP contribution in [0.15, 0.2) is 42.6 Å². The van der Waals surface area contributed by atoms with E-state index in [1.54, 1.807) is 30.5 Å². The molecule has 0 saturated heterocycles. The summed E-state index contributed by atoms with van der Waals surface area (Å²) >= 11 is 0. The van der Waals surface area contributed by atoms with E-state index in [0.717, 1.165) is 36.1 Å². The van der Waals surface area contributed by atoms with Crippen LogP contribution in [0.4, 0.5) is 0 Å². The van der Waals surface area contributed by atoms with Crippen LogP contribution in [0.5, 0.6) is 11.5 Å². The molecule has 0 amide bonds. The maximum atomic E-state index is 12.4. The van der Waals surface area contributed by atoms with Crippen molar-refractivity contribution in [1.82, 2.24) is 4.98 Å². The number of carbonyl (C=O) groups excluding carboxylic acids is 1. The first-order chi connectivity index (χ1) is 15.7. The molecule has 4 heteroatoms. The molecule has 0 aliphatic heterocycles. The predicted molar refractivity (Wildman–Crippen MR) is 129 cm³/mol. The van der Waals surface area contributed by atoms with Gasteiger partial charge < -0.3 is 9.47 Å². The molecule has 1 fully saturated rings. The summed E-state index contributed by atoms with van der Waals surface area (Å²) in [5.74, 6) is 2.67. The Bertz CT molecular complexity index is 792. The maximum absolute atomic E-state index is 12.4. The summed E-state index contributed by atoms with van der Waals surface area (Å²) in [6.07, 6.45) is 15.9. The molecule has 174 valence electrons. The molecule has 3 rings (SSSR count). The topological polar surface area (TPSA) is 48.4 Å². The number of pyridine rings is 1. The number of hydrogen-bond donors (Lipinski definition) is 0. The lowest BCUT2D eigenvalue weighted by Gasteiger charge is -2.28. The number of esters is 1. The van der Waals surface area contributed by atoms with Gasteiger partial charge in [-0.3, -0.25) is 4.98 Å². The van der Waals surface area contributed by atoms with Gasteiger partial charge in [-0.2, -0.15) is 0 Å². The van der Waals surface area contributed by atoms with Crippen molar-refractivity contribution < 1.29 is 14.3 Å². The third-order valence-electron chi connectivity index (χ3n) is 6.56. The third-order valence-corrected chi connectivity index (χ3v) is 6.56. The smallest absolute Gasteiger partial charge is 0.343 e. The van der Waals surface area contributed by atoms with Gasteiger partial charge in [-0.25, -0.2) is 4.79 Å². The van der Waals surface area contributed by atoms with Crippen LogP contribution in [-0.2, 0) is 6.42 Å². The minimum atomic E-state index is -0.378. The van der Waals surface area contributed by atoms with Gasteiger partial charge in [0, 0.05) is 5.69 Å². The summed E-state index contributed by atoms with van der Waals surface area (Å²) in [6.45, 7) is 5.01. The summed E-state index contributed by atoms with van der Waals surface area (Å²) < 4.78 is 11.0. The molecular formula is C28H39NO3. The summed E-state index contributed by atoms with van der Waals surface area (Å²) in [4.78, 5) is 16.9. The SMILES string of the molecule is CCCCCC1CCC(CCc2ccc(OC(=O)c3ccc(OCCC)cc3)cn2)CC1. The largest absolute Gasteiger partial charge is 0.494 e. The Labute approximate surface area is 193 Å². The normalized spacial score (nSPS) is 18.3. The van der Waals surface area contributed by atoms with Gasteiger partial charge in [-0.05, 0) is 67.5 Å². The lowest BCUT2D eigenvalue weighted by molar-refractivity contribution is 0.0734. The Morgan fingerprint density at radius 3 is 2.19 bits per heavy atom. The highest BCUT2D eigenvalue weighted by Crippen LogP contribution is 2.34. The second-order valence-corrected chi connectivity index (χ2v) is 9.17. The zero-order valence-corrected chi connectivity index (χ0v) is 19.9. The molecule has 1 saturated carbocycles. The van der Waals surface area contributed by atoms with Crippen LogP contribution in [0.3, 0.4) is 0 Å². The molecule has 0 radical (unpaired) electrons. The van der Waals surface area contributed by atoms with E-state index in [9.17, 15) is 4.79 Å². The Hall–Kier alpha value is -2.36. The Morgan fingerprint density at radius 1 is 0.875 bits per heavy atom. The highest BCUT2D eigenvalue weighted by atomic mass is 16.5. The van der Waals surface area contributed by atoms with Crippen LogP contribution in [0.25, 0.3) is 0 Å². The zero-order chi connectivity index (χ0) is 22.6. The summed E-state index contributed by atoms with van der Waals surface area (Å²) in [5, 5.41) is 0. The Morgan fingerprint density at radius 2 is 1.56 bits per heavy atom. The average molecular weight is 438 g/mol. The lowest BCUT2D eigenvalue weighted by atomic mass is 9.78. The molecule has 0 bridgehead atoms. The minimum absolute atomic E-state index is 0.378. The highest BCUT2D eigenvalue weighted by molar-refractivity contribution is 5.91. The minimum Gasteiger partial charge on any atom is -0.494 e. The van der Waals surface area contributed by atoms with E-state index in [1.807, 2.05) is 12.1 Å². The number of aromatic nitrogens is 1. The number of aryl methyl sites for hydroxylation is 1. The van der Waals surface area contributed by atoms with Gasteiger partial charge in [0.05, 0.1) is 18.4 Å². The van der Waals surface area contributed by atoms with E-state index in [4.69, 9.17) is 9.47 Å². The monoisotopic (exact) mass is 437 g/mol. The molecule has 0 N–H and O–H groups in total. The van der Waals surface area contributed by atoms with Crippen LogP contribution in [0.2, 0.25) is 0 Å². The number of rotatable bonds is 12. The molecule has 1 heterocycles. The standard InChI is InChI=1S/C28H39NO3/c1-3-5-6-7-22-8-10-23(11-9-22)12-15-25-16-19-27(21-29-25)32-28(30)24-13-17-26(18-14-24)31-20-4-2/h13-14,16-19,21-23H,3-12,15,20H2,1-2H3. The quantitative estimate of drug-likeness (QED) is 0.256. The molecule has 0 spiro atoms. The van der Waals surface area contributed by atoms with E-state index in [0.29, 0.717) is 17.9 Å². The van der Waals surface area contributed by atoms with E-state index in [1.165, 1.54) is 57.8 Å². The zero-order valence-electron chi connectivity index (χ0n) is 19.9. The second-order valence-electron chi connectivity index (χ2n) is 9.17. The maximum Gasteiger partial charge on any atom is 0.343 e.